The molecule has 0 aromatic carbocycles. The zero-order valence-electron chi connectivity index (χ0n) is 12.1. The van der Waals surface area contributed by atoms with Crippen LogP contribution in [-0.2, 0) is 9.84 Å². The van der Waals surface area contributed by atoms with Crippen molar-refractivity contribution in [2.45, 2.75) is 25.8 Å². The summed E-state index contributed by atoms with van der Waals surface area (Å²) in [5.74, 6) is -1.61. The van der Waals surface area contributed by atoms with Crippen LogP contribution in [0, 0.1) is 0 Å². The lowest BCUT2D eigenvalue weighted by Crippen LogP contribution is -2.42. The van der Waals surface area contributed by atoms with E-state index in [4.69, 9.17) is 5.11 Å². The molecule has 9 heteroatoms. The zero-order valence-corrected chi connectivity index (χ0v) is 12.9. The lowest BCUT2D eigenvalue weighted by atomic mass is 10.2. The quantitative estimate of drug-likeness (QED) is 0.821. The molecule has 2 heterocycles. The predicted octanol–water partition coefficient (Wildman–Crippen LogP) is 0.214. The third-order valence-electron chi connectivity index (χ3n) is 3.46. The molecule has 0 saturated carbocycles. The summed E-state index contributed by atoms with van der Waals surface area (Å²) in [4.78, 5) is 32.2. The van der Waals surface area contributed by atoms with Gasteiger partial charge in [-0.2, -0.15) is 0 Å². The van der Waals surface area contributed by atoms with Crippen LogP contribution in [0.4, 0.5) is 0 Å². The van der Waals surface area contributed by atoms with Crippen LogP contribution in [-0.4, -0.2) is 64.4 Å². The van der Waals surface area contributed by atoms with Gasteiger partial charge in [-0.3, -0.25) is 4.79 Å². The van der Waals surface area contributed by atoms with Crippen molar-refractivity contribution >= 4 is 21.7 Å². The van der Waals surface area contributed by atoms with Crippen molar-refractivity contribution in [3.8, 4) is 0 Å². The van der Waals surface area contributed by atoms with E-state index in [0.29, 0.717) is 19.4 Å². The molecule has 0 bridgehead atoms. The van der Waals surface area contributed by atoms with Crippen molar-refractivity contribution in [3.05, 3.63) is 23.8 Å². The molecule has 1 amide bonds. The van der Waals surface area contributed by atoms with Gasteiger partial charge in [-0.15, -0.1) is 0 Å². The largest absolute Gasteiger partial charge is 0.476 e. The van der Waals surface area contributed by atoms with E-state index in [9.17, 15) is 18.0 Å². The van der Waals surface area contributed by atoms with Crippen LogP contribution in [0.1, 0.15) is 40.7 Å². The Kier molecular flexibility index (Phi) is 4.74. The summed E-state index contributed by atoms with van der Waals surface area (Å²) in [6, 6.07) is -0.363. The Morgan fingerprint density at radius 1 is 1.32 bits per heavy atom. The van der Waals surface area contributed by atoms with Crippen molar-refractivity contribution in [1.82, 2.24) is 14.9 Å². The Morgan fingerprint density at radius 2 is 1.95 bits per heavy atom. The number of hydrogen-bond acceptors (Lipinski definition) is 6. The molecule has 0 spiro atoms. The molecule has 22 heavy (non-hydrogen) atoms. The first-order chi connectivity index (χ1) is 10.3. The van der Waals surface area contributed by atoms with Crippen molar-refractivity contribution in [2.75, 3.05) is 18.1 Å². The average Bonchev–Trinajstić information content (AvgIpc) is 2.84. The van der Waals surface area contributed by atoms with Gasteiger partial charge in [0.05, 0.1) is 23.9 Å². The third-order valence-corrected chi connectivity index (χ3v) is 5.21. The molecule has 1 N–H and O–H groups in total. The minimum absolute atomic E-state index is 0.0164. The number of nitrogens with zero attached hydrogens (tertiary/aromatic N) is 3. The van der Waals surface area contributed by atoms with Crippen LogP contribution in [0.2, 0.25) is 0 Å². The molecule has 1 unspecified atom stereocenters. The Balaban J connectivity index is 2.21. The predicted molar refractivity (Wildman–Crippen MR) is 77.4 cm³/mol. The summed E-state index contributed by atoms with van der Waals surface area (Å²) in [6.45, 7) is 2.31. The van der Waals surface area contributed by atoms with E-state index < -0.39 is 21.7 Å². The fraction of sp³-hybridized carbons (Fsp3) is 0.538. The normalized spacial score (nSPS) is 19.8. The maximum Gasteiger partial charge on any atom is 0.356 e. The summed E-state index contributed by atoms with van der Waals surface area (Å²) < 4.78 is 23.2. The van der Waals surface area contributed by atoms with Gasteiger partial charge in [0.25, 0.3) is 5.91 Å². The van der Waals surface area contributed by atoms with Gasteiger partial charge in [0, 0.05) is 12.6 Å². The maximum atomic E-state index is 12.5. The summed E-state index contributed by atoms with van der Waals surface area (Å²) >= 11 is 0. The van der Waals surface area contributed by atoms with Gasteiger partial charge in [-0.05, 0) is 12.8 Å². The summed E-state index contributed by atoms with van der Waals surface area (Å²) in [7, 11) is -3.10. The summed E-state index contributed by atoms with van der Waals surface area (Å²) in [6.07, 6.45) is 3.22. The van der Waals surface area contributed by atoms with Crippen LogP contribution < -0.4 is 0 Å². The van der Waals surface area contributed by atoms with Crippen LogP contribution in [0.25, 0.3) is 0 Å². The molecular weight excluding hydrogens is 310 g/mol. The molecule has 120 valence electrons. The van der Waals surface area contributed by atoms with Crippen LogP contribution in [0.3, 0.4) is 0 Å². The zero-order chi connectivity index (χ0) is 16.3. The highest BCUT2D eigenvalue weighted by Gasteiger charge is 2.35. The van der Waals surface area contributed by atoms with Gasteiger partial charge < -0.3 is 10.0 Å². The number of hydrogen-bond donors (Lipinski definition) is 1. The Morgan fingerprint density at radius 3 is 2.41 bits per heavy atom. The van der Waals surface area contributed by atoms with Gasteiger partial charge in [0.2, 0.25) is 0 Å². The van der Waals surface area contributed by atoms with Gasteiger partial charge in [0.1, 0.15) is 5.69 Å². The van der Waals surface area contributed by atoms with Gasteiger partial charge in [-0.1, -0.05) is 6.92 Å². The van der Waals surface area contributed by atoms with Gasteiger partial charge in [-0.25, -0.2) is 23.2 Å². The molecule has 1 atom stereocenters. The summed E-state index contributed by atoms with van der Waals surface area (Å²) in [5, 5.41) is 8.77. The lowest BCUT2D eigenvalue weighted by Gasteiger charge is -2.27. The second-order valence-electron chi connectivity index (χ2n) is 5.15. The molecule has 1 saturated heterocycles. The molecule has 0 aliphatic carbocycles. The van der Waals surface area contributed by atoms with E-state index in [1.807, 2.05) is 6.92 Å². The Bertz CT molecular complexity index is 671. The highest BCUT2D eigenvalue weighted by molar-refractivity contribution is 7.91. The highest BCUT2D eigenvalue weighted by atomic mass is 32.2. The van der Waals surface area contributed by atoms with Crippen molar-refractivity contribution < 1.29 is 23.1 Å². The standard InChI is InChI=1S/C13H17N3O5S/c1-2-4-16(9-3-5-22(20,21)8-9)12(17)10-6-15-11(7-14-10)13(18)19/h6-7,9H,2-5,8H2,1H3,(H,18,19). The first-order valence-corrected chi connectivity index (χ1v) is 8.73. The minimum atomic E-state index is -3.10. The second kappa shape index (κ2) is 6.39. The number of sulfone groups is 1. The van der Waals surface area contributed by atoms with Crippen LogP contribution >= 0.6 is 0 Å². The average molecular weight is 327 g/mol. The van der Waals surface area contributed by atoms with E-state index in [0.717, 1.165) is 12.4 Å². The molecule has 1 aliphatic rings. The first kappa shape index (κ1) is 16.3. The molecular formula is C13H17N3O5S. The molecule has 1 aliphatic heterocycles. The van der Waals surface area contributed by atoms with E-state index in [1.54, 1.807) is 0 Å². The van der Waals surface area contributed by atoms with E-state index in [2.05, 4.69) is 9.97 Å². The van der Waals surface area contributed by atoms with Crippen LogP contribution in [0.5, 0.6) is 0 Å². The fourth-order valence-corrected chi connectivity index (χ4v) is 4.14. The van der Waals surface area contributed by atoms with Gasteiger partial charge in [0.15, 0.2) is 15.5 Å². The van der Waals surface area contributed by atoms with Crippen LogP contribution in [0.15, 0.2) is 12.4 Å². The smallest absolute Gasteiger partial charge is 0.356 e. The lowest BCUT2D eigenvalue weighted by molar-refractivity contribution is 0.0672. The number of aromatic nitrogens is 2. The van der Waals surface area contributed by atoms with Crippen molar-refractivity contribution in [2.24, 2.45) is 0 Å². The number of amides is 1. The molecule has 1 aromatic heterocycles. The van der Waals surface area contributed by atoms with Crippen molar-refractivity contribution in [3.63, 3.8) is 0 Å². The topological polar surface area (TPSA) is 118 Å². The van der Waals surface area contributed by atoms with E-state index in [-0.39, 0.29) is 28.9 Å². The SMILES string of the molecule is CCCN(C(=O)c1cnc(C(=O)O)cn1)C1CCS(=O)(=O)C1. The number of carboxylic acid groups (broad SMARTS) is 1. The molecule has 8 nitrogen and oxygen atoms in total. The number of rotatable bonds is 5. The third kappa shape index (κ3) is 3.59. The second-order valence-corrected chi connectivity index (χ2v) is 7.38. The number of carbonyl (C=O) groups is 2. The molecule has 0 radical (unpaired) electrons. The number of carboxylic acids is 1. The molecule has 1 aromatic rings. The van der Waals surface area contributed by atoms with E-state index >= 15 is 0 Å². The molecule has 2 rings (SSSR count). The van der Waals surface area contributed by atoms with Crippen molar-refractivity contribution in [1.29, 1.82) is 0 Å². The maximum absolute atomic E-state index is 12.5. The number of carbonyl (C=O) groups excluding carboxylic acids is 1. The molecule has 1 fully saturated rings. The minimum Gasteiger partial charge on any atom is -0.476 e. The Labute approximate surface area is 128 Å². The van der Waals surface area contributed by atoms with E-state index in [1.165, 1.54) is 4.90 Å². The summed E-state index contributed by atoms with van der Waals surface area (Å²) in [5.41, 5.74) is -0.232. The highest BCUT2D eigenvalue weighted by Crippen LogP contribution is 2.19. The Hall–Kier alpha value is -2.03. The van der Waals surface area contributed by atoms with Gasteiger partial charge >= 0.3 is 5.97 Å². The number of aromatic carboxylic acids is 1. The monoisotopic (exact) mass is 327 g/mol. The first-order valence-electron chi connectivity index (χ1n) is 6.91. The fourth-order valence-electron chi connectivity index (χ4n) is 2.41.